The minimum Gasteiger partial charge on any atom is -0.340 e. The Bertz CT molecular complexity index is 1450. The second-order valence-electron chi connectivity index (χ2n) is 8.37. The first-order valence-electron chi connectivity index (χ1n) is 11.3. The van der Waals surface area contributed by atoms with Crippen molar-refractivity contribution in [1.29, 1.82) is 0 Å². The zero-order chi connectivity index (χ0) is 26.4. The highest BCUT2D eigenvalue weighted by Crippen LogP contribution is 2.24. The van der Waals surface area contributed by atoms with Crippen molar-refractivity contribution in [2.75, 3.05) is 4.90 Å². The number of sulfonamides is 1. The molecule has 0 bridgehead atoms. The van der Waals surface area contributed by atoms with E-state index < -0.39 is 10.0 Å². The van der Waals surface area contributed by atoms with E-state index in [-0.39, 0.29) is 10.7 Å². The highest BCUT2D eigenvalue weighted by molar-refractivity contribution is 7.89. The maximum absolute atomic E-state index is 13.6. The molecule has 0 atom stereocenters. The Morgan fingerprint density at radius 1 is 0.811 bits per heavy atom. The van der Waals surface area contributed by atoms with Crippen LogP contribution >= 0.6 is 23.8 Å². The van der Waals surface area contributed by atoms with Crippen molar-refractivity contribution in [1.82, 2.24) is 9.88 Å². The second-order valence-corrected chi connectivity index (χ2v) is 10.7. The quantitative estimate of drug-likeness (QED) is 0.289. The van der Waals surface area contributed by atoms with Crippen molar-refractivity contribution >= 4 is 44.6 Å². The Morgan fingerprint density at radius 3 is 1.89 bits per heavy atom. The summed E-state index contributed by atoms with van der Waals surface area (Å²) in [7, 11) is -3.85. The number of halogens is 2. The molecule has 0 saturated carbocycles. The molecule has 0 aliphatic rings. The zero-order valence-electron chi connectivity index (χ0n) is 19.7. The standard InChI is InChI=1S/C27H24ClFN4O2S2/c28-23-5-1-20(2-6-23)17-32(18-22-13-15-31-16-14-22)27(36)33(19-21-3-7-24(29)8-4-21)25-9-11-26(12-10-25)37(30,34)35/h1-16H,17-19H2,(H2,30,34,35). The van der Waals surface area contributed by atoms with Gasteiger partial charge in [0.15, 0.2) is 5.11 Å². The molecule has 0 unspecified atom stereocenters. The molecule has 0 radical (unpaired) electrons. The van der Waals surface area contributed by atoms with E-state index in [1.54, 1.807) is 36.7 Å². The van der Waals surface area contributed by atoms with E-state index in [0.29, 0.717) is 35.5 Å². The monoisotopic (exact) mass is 554 g/mol. The fourth-order valence-corrected chi connectivity index (χ4v) is 4.68. The van der Waals surface area contributed by atoms with Crippen LogP contribution in [0, 0.1) is 5.82 Å². The van der Waals surface area contributed by atoms with Crippen LogP contribution in [-0.4, -0.2) is 23.4 Å². The third-order valence-corrected chi connectivity index (χ3v) is 7.30. The van der Waals surface area contributed by atoms with Gasteiger partial charge in [-0.1, -0.05) is 35.9 Å². The van der Waals surface area contributed by atoms with Crippen molar-refractivity contribution in [2.45, 2.75) is 24.5 Å². The molecule has 0 aliphatic carbocycles. The average molecular weight is 555 g/mol. The largest absolute Gasteiger partial charge is 0.340 e. The number of anilines is 1. The van der Waals surface area contributed by atoms with Gasteiger partial charge in [0.05, 0.1) is 11.4 Å². The zero-order valence-corrected chi connectivity index (χ0v) is 22.1. The van der Waals surface area contributed by atoms with Gasteiger partial charge >= 0.3 is 0 Å². The summed E-state index contributed by atoms with van der Waals surface area (Å²) < 4.78 is 37.2. The number of hydrogen-bond donors (Lipinski definition) is 1. The smallest absolute Gasteiger partial charge is 0.238 e. The SMILES string of the molecule is NS(=O)(=O)c1ccc(N(Cc2ccc(F)cc2)C(=S)N(Cc2ccncc2)Cc2ccc(Cl)cc2)cc1. The number of pyridine rings is 1. The van der Waals surface area contributed by atoms with Gasteiger partial charge in [0, 0.05) is 36.2 Å². The van der Waals surface area contributed by atoms with Gasteiger partial charge in [-0.3, -0.25) is 4.98 Å². The summed E-state index contributed by atoms with van der Waals surface area (Å²) in [5.41, 5.74) is 3.51. The highest BCUT2D eigenvalue weighted by Gasteiger charge is 2.21. The molecule has 0 spiro atoms. The van der Waals surface area contributed by atoms with Crippen LogP contribution in [0.1, 0.15) is 16.7 Å². The van der Waals surface area contributed by atoms with Gasteiger partial charge in [0.25, 0.3) is 0 Å². The Labute approximate surface area is 226 Å². The molecule has 4 rings (SSSR count). The maximum atomic E-state index is 13.6. The van der Waals surface area contributed by atoms with Crippen LogP contribution < -0.4 is 10.0 Å². The van der Waals surface area contributed by atoms with Gasteiger partial charge in [-0.25, -0.2) is 17.9 Å². The molecule has 6 nitrogen and oxygen atoms in total. The summed E-state index contributed by atoms with van der Waals surface area (Å²) in [6.45, 7) is 1.33. The lowest BCUT2D eigenvalue weighted by molar-refractivity contribution is 0.405. The van der Waals surface area contributed by atoms with E-state index in [2.05, 4.69) is 4.98 Å². The van der Waals surface area contributed by atoms with Crippen LogP contribution in [0.2, 0.25) is 5.02 Å². The fraction of sp³-hybridized carbons (Fsp3) is 0.111. The molecule has 0 fully saturated rings. The molecule has 37 heavy (non-hydrogen) atoms. The van der Waals surface area contributed by atoms with Gasteiger partial charge in [0.2, 0.25) is 10.0 Å². The number of nitrogens with zero attached hydrogens (tertiary/aromatic N) is 3. The first kappa shape index (κ1) is 26.7. The summed E-state index contributed by atoms with van der Waals surface area (Å²) in [6.07, 6.45) is 3.45. The van der Waals surface area contributed by atoms with Crippen LogP contribution in [0.3, 0.4) is 0 Å². The van der Waals surface area contributed by atoms with Crippen LogP contribution in [-0.2, 0) is 29.7 Å². The van der Waals surface area contributed by atoms with Crippen molar-refractivity contribution in [2.24, 2.45) is 5.14 Å². The van der Waals surface area contributed by atoms with Gasteiger partial charge in [-0.2, -0.15) is 0 Å². The van der Waals surface area contributed by atoms with Crippen molar-refractivity contribution in [3.8, 4) is 0 Å². The molecule has 0 saturated heterocycles. The van der Waals surface area contributed by atoms with E-state index in [0.717, 1.165) is 16.7 Å². The predicted octanol–water partition coefficient (Wildman–Crippen LogP) is 5.52. The molecule has 3 aromatic carbocycles. The molecule has 1 heterocycles. The van der Waals surface area contributed by atoms with Gasteiger partial charge in [-0.15, -0.1) is 0 Å². The van der Waals surface area contributed by atoms with Crippen LogP contribution in [0.25, 0.3) is 0 Å². The number of aromatic nitrogens is 1. The number of nitrogens with two attached hydrogens (primary N) is 1. The summed E-state index contributed by atoms with van der Waals surface area (Å²) in [5, 5.41) is 6.42. The highest BCUT2D eigenvalue weighted by atomic mass is 35.5. The van der Waals surface area contributed by atoms with Gasteiger partial charge in [0.1, 0.15) is 5.82 Å². The number of rotatable bonds is 8. The second kappa shape index (κ2) is 11.8. The molecule has 10 heteroatoms. The minimum absolute atomic E-state index is 0.00120. The third kappa shape index (κ3) is 7.33. The molecular weight excluding hydrogens is 531 g/mol. The van der Waals surface area contributed by atoms with Crippen LogP contribution in [0.15, 0.2) is 102 Å². The maximum Gasteiger partial charge on any atom is 0.238 e. The average Bonchev–Trinajstić information content (AvgIpc) is 2.89. The molecule has 0 amide bonds. The van der Waals surface area contributed by atoms with E-state index in [4.69, 9.17) is 29.0 Å². The summed E-state index contributed by atoms with van der Waals surface area (Å²) in [5.74, 6) is -0.336. The number of hydrogen-bond acceptors (Lipinski definition) is 4. The Morgan fingerprint density at radius 2 is 1.32 bits per heavy atom. The Hall–Kier alpha value is -3.37. The van der Waals surface area contributed by atoms with Crippen molar-refractivity contribution in [3.63, 3.8) is 0 Å². The normalized spacial score (nSPS) is 11.2. The lowest BCUT2D eigenvalue weighted by Gasteiger charge is -2.34. The lowest BCUT2D eigenvalue weighted by Crippen LogP contribution is -2.42. The molecule has 190 valence electrons. The van der Waals surface area contributed by atoms with E-state index in [9.17, 15) is 12.8 Å². The lowest BCUT2D eigenvalue weighted by atomic mass is 10.1. The van der Waals surface area contributed by atoms with Crippen LogP contribution in [0.5, 0.6) is 0 Å². The molecule has 2 N–H and O–H groups in total. The Kier molecular flexibility index (Phi) is 8.50. The predicted molar refractivity (Wildman–Crippen MR) is 148 cm³/mol. The number of benzene rings is 3. The molecule has 0 aliphatic heterocycles. The molecular formula is C27H24ClFN4O2S2. The molecule has 4 aromatic rings. The fourth-order valence-electron chi connectivity index (χ4n) is 3.74. The first-order chi connectivity index (χ1) is 17.7. The van der Waals surface area contributed by atoms with Crippen molar-refractivity contribution < 1.29 is 12.8 Å². The summed E-state index contributed by atoms with van der Waals surface area (Å²) in [6, 6.07) is 23.7. The van der Waals surface area contributed by atoms with Gasteiger partial charge < -0.3 is 9.80 Å². The first-order valence-corrected chi connectivity index (χ1v) is 13.6. The van der Waals surface area contributed by atoms with Gasteiger partial charge in [-0.05, 0) is 89.6 Å². The van der Waals surface area contributed by atoms with Crippen molar-refractivity contribution in [3.05, 3.63) is 125 Å². The molecule has 1 aromatic heterocycles. The number of primary sulfonamides is 1. The van der Waals surface area contributed by atoms with E-state index in [1.807, 2.05) is 46.2 Å². The summed E-state index contributed by atoms with van der Waals surface area (Å²) >= 11 is 12.1. The van der Waals surface area contributed by atoms with E-state index >= 15 is 0 Å². The summed E-state index contributed by atoms with van der Waals surface area (Å²) in [4.78, 5) is 8.01. The number of thiocarbonyl (C=S) groups is 1. The third-order valence-electron chi connectivity index (χ3n) is 5.64. The Balaban J connectivity index is 1.72. The topological polar surface area (TPSA) is 79.5 Å². The minimum atomic E-state index is -3.85. The van der Waals surface area contributed by atoms with Crippen LogP contribution in [0.4, 0.5) is 10.1 Å². The van der Waals surface area contributed by atoms with E-state index in [1.165, 1.54) is 24.3 Å².